The maximum atomic E-state index is 12.6. The number of hydrogen-bond donors (Lipinski definition) is 2. The number of amides is 1. The number of benzene rings is 2. The highest BCUT2D eigenvalue weighted by Gasteiger charge is 2.86. The lowest BCUT2D eigenvalue weighted by Gasteiger charge is -2.76. The van der Waals surface area contributed by atoms with Gasteiger partial charge in [0, 0.05) is 29.5 Å². The number of carbonyl (C=O) groups excluding carboxylic acids is 1. The largest absolute Gasteiger partial charge is 0.508 e. The first-order valence-corrected chi connectivity index (χ1v) is 13.8. The molecular weight excluding hydrogens is 432 g/mol. The molecule has 4 aliphatic carbocycles. The zero-order chi connectivity index (χ0) is 24.3. The van der Waals surface area contributed by atoms with Crippen LogP contribution in [0.5, 0.6) is 5.75 Å². The Morgan fingerprint density at radius 3 is 2.66 bits per heavy atom. The molecule has 0 radical (unpaired) electrons. The molecule has 1 spiro atoms. The molecule has 35 heavy (non-hydrogen) atoms. The van der Waals surface area contributed by atoms with Crippen LogP contribution >= 0.6 is 0 Å². The van der Waals surface area contributed by atoms with Gasteiger partial charge in [-0.1, -0.05) is 62.6 Å². The van der Waals surface area contributed by atoms with Crippen LogP contribution in [0, 0.1) is 16.7 Å². The number of aromatic hydroxyl groups is 1. The fourth-order valence-electron chi connectivity index (χ4n) is 10.2. The van der Waals surface area contributed by atoms with Gasteiger partial charge in [-0.05, 0) is 85.7 Å². The average Bonchev–Trinajstić information content (AvgIpc) is 3.18. The van der Waals surface area contributed by atoms with Crippen LogP contribution < -0.4 is 5.32 Å². The van der Waals surface area contributed by atoms with E-state index in [9.17, 15) is 9.90 Å². The molecule has 0 saturated heterocycles. The number of phenols is 1. The minimum atomic E-state index is 0.0519. The lowest BCUT2D eigenvalue weighted by Crippen LogP contribution is -2.82. The first kappa shape index (κ1) is 23.1. The standard InChI is InChI=1S/C31H40N2O2/c1-3-4-8-15-30-19-23-11-12-24(35)18-26(23)31(30)25-13-16-29(31,28(30)32-2)17-14-27(25)33(21-34)20-22-9-6-5-7-10-22/h5-7,9-12,18,21,25,27-28,32,35H,3-4,8,13-17,19-20H2,1-2H3. The van der Waals surface area contributed by atoms with Crippen LogP contribution in [0.25, 0.3) is 0 Å². The number of hydrogen-bond acceptors (Lipinski definition) is 3. The summed E-state index contributed by atoms with van der Waals surface area (Å²) in [5.41, 5.74) is 4.51. The molecule has 0 aliphatic heterocycles. The number of nitrogens with zero attached hydrogens (tertiary/aromatic N) is 1. The third-order valence-corrected chi connectivity index (χ3v) is 10.8. The summed E-state index contributed by atoms with van der Waals surface area (Å²) in [6.45, 7) is 2.97. The molecule has 4 nitrogen and oxygen atoms in total. The Hall–Kier alpha value is -2.33. The molecule has 2 bridgehead atoms. The van der Waals surface area contributed by atoms with Gasteiger partial charge < -0.3 is 15.3 Å². The van der Waals surface area contributed by atoms with Crippen molar-refractivity contribution in [1.82, 2.24) is 10.2 Å². The molecule has 4 heteroatoms. The van der Waals surface area contributed by atoms with E-state index in [2.05, 4.69) is 60.6 Å². The summed E-state index contributed by atoms with van der Waals surface area (Å²) >= 11 is 0. The molecule has 6 unspecified atom stereocenters. The van der Waals surface area contributed by atoms with E-state index in [0.29, 0.717) is 24.3 Å². The first-order chi connectivity index (χ1) is 17.1. The van der Waals surface area contributed by atoms with Crippen molar-refractivity contribution in [3.63, 3.8) is 0 Å². The van der Waals surface area contributed by atoms with Gasteiger partial charge in [0.1, 0.15) is 5.75 Å². The number of phenolic OH excluding ortho intramolecular Hbond substituents is 1. The van der Waals surface area contributed by atoms with Crippen LogP contribution in [0.4, 0.5) is 0 Å². The number of fused-ring (bicyclic) bond motifs is 1. The van der Waals surface area contributed by atoms with E-state index in [1.807, 2.05) is 12.1 Å². The van der Waals surface area contributed by atoms with Gasteiger partial charge in [-0.3, -0.25) is 4.79 Å². The summed E-state index contributed by atoms with van der Waals surface area (Å²) in [4.78, 5) is 14.7. The van der Waals surface area contributed by atoms with E-state index >= 15 is 0 Å². The number of carbonyl (C=O) groups is 1. The summed E-state index contributed by atoms with van der Waals surface area (Å²) in [6.07, 6.45) is 11.8. The van der Waals surface area contributed by atoms with Crippen LogP contribution in [0.2, 0.25) is 0 Å². The average molecular weight is 473 g/mol. The Labute approximate surface area is 210 Å². The summed E-state index contributed by atoms with van der Waals surface area (Å²) < 4.78 is 0. The summed E-state index contributed by atoms with van der Waals surface area (Å²) in [5.74, 6) is 0.836. The molecule has 4 aliphatic rings. The van der Waals surface area contributed by atoms with Gasteiger partial charge in [0.25, 0.3) is 0 Å². The Bertz CT molecular complexity index is 1100. The zero-order valence-corrected chi connectivity index (χ0v) is 21.3. The van der Waals surface area contributed by atoms with E-state index in [0.717, 1.165) is 25.7 Å². The Morgan fingerprint density at radius 1 is 1.11 bits per heavy atom. The fraction of sp³-hybridized carbons (Fsp3) is 0.581. The van der Waals surface area contributed by atoms with Crippen LogP contribution in [-0.2, 0) is 23.2 Å². The molecule has 0 aromatic heterocycles. The number of unbranched alkanes of at least 4 members (excludes halogenated alkanes) is 2. The first-order valence-electron chi connectivity index (χ1n) is 13.8. The molecule has 3 saturated carbocycles. The van der Waals surface area contributed by atoms with Crippen LogP contribution in [0.15, 0.2) is 48.5 Å². The fourth-order valence-corrected chi connectivity index (χ4v) is 10.2. The van der Waals surface area contributed by atoms with Crippen LogP contribution in [-0.4, -0.2) is 35.5 Å². The molecule has 3 fully saturated rings. The van der Waals surface area contributed by atoms with Crippen molar-refractivity contribution >= 4 is 6.41 Å². The van der Waals surface area contributed by atoms with Gasteiger partial charge in [-0.25, -0.2) is 0 Å². The lowest BCUT2D eigenvalue weighted by atomic mass is 9.29. The van der Waals surface area contributed by atoms with E-state index < -0.39 is 0 Å². The van der Waals surface area contributed by atoms with Gasteiger partial charge in [0.2, 0.25) is 6.41 Å². The van der Waals surface area contributed by atoms with Crippen LogP contribution in [0.1, 0.15) is 75.0 Å². The SMILES string of the molecule is CCCCCC12Cc3ccc(O)cc3C13C1CCC3(CCC1N(C=O)Cc1ccccc1)C2NC. The third kappa shape index (κ3) is 2.81. The molecule has 0 heterocycles. The molecule has 2 aromatic carbocycles. The summed E-state index contributed by atoms with van der Waals surface area (Å²) in [6, 6.07) is 17.4. The predicted octanol–water partition coefficient (Wildman–Crippen LogP) is 5.57. The van der Waals surface area contributed by atoms with Crippen molar-refractivity contribution in [3.05, 3.63) is 65.2 Å². The van der Waals surface area contributed by atoms with Crippen molar-refractivity contribution in [2.24, 2.45) is 16.7 Å². The quantitative estimate of drug-likeness (QED) is 0.370. The summed E-state index contributed by atoms with van der Waals surface area (Å²) in [5, 5.41) is 14.5. The summed E-state index contributed by atoms with van der Waals surface area (Å²) in [7, 11) is 2.18. The van der Waals surface area contributed by atoms with Crippen molar-refractivity contribution in [1.29, 1.82) is 0 Å². The van der Waals surface area contributed by atoms with Gasteiger partial charge in [0.15, 0.2) is 0 Å². The molecule has 2 N–H and O–H groups in total. The second kappa shape index (κ2) is 8.37. The zero-order valence-electron chi connectivity index (χ0n) is 21.3. The highest BCUT2D eigenvalue weighted by molar-refractivity contribution is 5.59. The number of rotatable bonds is 9. The van der Waals surface area contributed by atoms with Gasteiger partial charge in [-0.15, -0.1) is 0 Å². The highest BCUT2D eigenvalue weighted by Crippen LogP contribution is 2.85. The Kier molecular flexibility index (Phi) is 5.52. The van der Waals surface area contributed by atoms with Crippen molar-refractivity contribution < 1.29 is 9.90 Å². The van der Waals surface area contributed by atoms with Gasteiger partial charge in [-0.2, -0.15) is 0 Å². The minimum Gasteiger partial charge on any atom is -0.508 e. The van der Waals surface area contributed by atoms with E-state index in [1.54, 1.807) is 0 Å². The number of nitrogens with one attached hydrogen (secondary N) is 1. The Morgan fingerprint density at radius 2 is 1.91 bits per heavy atom. The predicted molar refractivity (Wildman–Crippen MR) is 139 cm³/mol. The minimum absolute atomic E-state index is 0.0519. The van der Waals surface area contributed by atoms with Gasteiger partial charge in [0.05, 0.1) is 0 Å². The lowest BCUT2D eigenvalue weighted by molar-refractivity contribution is -0.219. The van der Waals surface area contributed by atoms with Gasteiger partial charge >= 0.3 is 0 Å². The van der Waals surface area contributed by atoms with E-state index in [1.165, 1.54) is 55.2 Å². The second-order valence-corrected chi connectivity index (χ2v) is 11.8. The highest BCUT2D eigenvalue weighted by atomic mass is 16.3. The third-order valence-electron chi connectivity index (χ3n) is 10.8. The van der Waals surface area contributed by atoms with Crippen molar-refractivity contribution in [3.8, 4) is 5.75 Å². The molecule has 1 amide bonds. The molecule has 186 valence electrons. The Balaban J connectivity index is 1.47. The molecular formula is C31H40N2O2. The monoisotopic (exact) mass is 472 g/mol. The molecule has 6 atom stereocenters. The van der Waals surface area contributed by atoms with E-state index in [4.69, 9.17) is 0 Å². The maximum Gasteiger partial charge on any atom is 0.210 e. The van der Waals surface area contributed by atoms with Crippen molar-refractivity contribution in [2.75, 3.05) is 7.05 Å². The second-order valence-electron chi connectivity index (χ2n) is 11.8. The topological polar surface area (TPSA) is 52.6 Å². The smallest absolute Gasteiger partial charge is 0.210 e. The van der Waals surface area contributed by atoms with E-state index in [-0.39, 0.29) is 22.3 Å². The molecule has 6 rings (SSSR count). The van der Waals surface area contributed by atoms with Crippen LogP contribution in [0.3, 0.4) is 0 Å². The van der Waals surface area contributed by atoms with Crippen molar-refractivity contribution in [2.45, 2.75) is 88.8 Å². The maximum absolute atomic E-state index is 12.6. The normalized spacial score (nSPS) is 36.1. The molecule has 2 aromatic rings.